The number of hydrogen-bond donors (Lipinski definition) is 2. The average Bonchev–Trinajstić information content (AvgIpc) is 3.22. The van der Waals surface area contributed by atoms with Crippen molar-refractivity contribution in [2.45, 2.75) is 57.6 Å². The Morgan fingerprint density at radius 3 is 2.86 bits per heavy atom. The van der Waals surface area contributed by atoms with Crippen molar-refractivity contribution >= 4 is 5.97 Å². The average molecular weight is 309 g/mol. The Morgan fingerprint density at radius 1 is 1.50 bits per heavy atom. The van der Waals surface area contributed by atoms with Crippen LogP contribution < -0.4 is 0 Å². The smallest absolute Gasteiger partial charge is 0.312 e. The minimum atomic E-state index is -1.01. The molecular formula is C15H23N3O4. The first-order chi connectivity index (χ1) is 10.5. The standard InChI is InChI=1S/C15H23N3O4/c1-2-5-15(14(20)21)6-7-18(8-11(15)19)9-12-16-13(17-22-12)10-3-4-10/h10-11,19H,2-9H2,1H3,(H,20,21)/t11-,15+/m1/s1. The number of aliphatic carboxylic acids is 1. The molecule has 2 aliphatic rings. The van der Waals surface area contributed by atoms with Crippen LogP contribution in [-0.2, 0) is 11.3 Å². The van der Waals surface area contributed by atoms with Crippen LogP contribution in [0.15, 0.2) is 4.52 Å². The van der Waals surface area contributed by atoms with Crippen LogP contribution in [0.25, 0.3) is 0 Å². The summed E-state index contributed by atoms with van der Waals surface area (Å²) in [5, 5.41) is 23.9. The number of carboxylic acids is 1. The van der Waals surface area contributed by atoms with E-state index in [-0.39, 0.29) is 0 Å². The monoisotopic (exact) mass is 309 g/mol. The summed E-state index contributed by atoms with van der Waals surface area (Å²) in [4.78, 5) is 18.0. The first-order valence-electron chi connectivity index (χ1n) is 8.01. The lowest BCUT2D eigenvalue weighted by atomic mass is 9.73. The van der Waals surface area contributed by atoms with Gasteiger partial charge in [0, 0.05) is 12.5 Å². The molecule has 0 spiro atoms. The van der Waals surface area contributed by atoms with Crippen molar-refractivity contribution < 1.29 is 19.5 Å². The Labute approximate surface area is 129 Å². The fourth-order valence-electron chi connectivity index (χ4n) is 3.30. The van der Waals surface area contributed by atoms with E-state index in [4.69, 9.17) is 4.52 Å². The van der Waals surface area contributed by atoms with Gasteiger partial charge in [-0.15, -0.1) is 0 Å². The van der Waals surface area contributed by atoms with E-state index in [0.717, 1.165) is 25.1 Å². The molecule has 0 amide bonds. The van der Waals surface area contributed by atoms with E-state index in [1.165, 1.54) is 0 Å². The molecule has 1 aromatic rings. The molecule has 0 unspecified atom stereocenters. The molecule has 1 aliphatic carbocycles. The lowest BCUT2D eigenvalue weighted by molar-refractivity contribution is -0.164. The Balaban J connectivity index is 1.62. The first kappa shape index (κ1) is 15.4. The van der Waals surface area contributed by atoms with Gasteiger partial charge in [-0.1, -0.05) is 18.5 Å². The minimum Gasteiger partial charge on any atom is -0.481 e. The van der Waals surface area contributed by atoms with Crippen molar-refractivity contribution in [1.82, 2.24) is 15.0 Å². The number of piperidine rings is 1. The normalized spacial score (nSPS) is 29.6. The molecule has 7 nitrogen and oxygen atoms in total. The van der Waals surface area contributed by atoms with Crippen LogP contribution in [0.5, 0.6) is 0 Å². The third-order valence-corrected chi connectivity index (χ3v) is 4.85. The highest BCUT2D eigenvalue weighted by Gasteiger charge is 2.47. The topological polar surface area (TPSA) is 99.7 Å². The van der Waals surface area contributed by atoms with E-state index in [9.17, 15) is 15.0 Å². The van der Waals surface area contributed by atoms with Crippen LogP contribution >= 0.6 is 0 Å². The number of hydrogen-bond acceptors (Lipinski definition) is 6. The van der Waals surface area contributed by atoms with Gasteiger partial charge < -0.3 is 14.7 Å². The van der Waals surface area contributed by atoms with Crippen LogP contribution in [0.3, 0.4) is 0 Å². The molecule has 2 N–H and O–H groups in total. The summed E-state index contributed by atoms with van der Waals surface area (Å²) in [5.74, 6) is 0.884. The number of aliphatic hydroxyl groups excluding tert-OH is 1. The zero-order valence-corrected chi connectivity index (χ0v) is 12.9. The predicted octanol–water partition coefficient (Wildman–Crippen LogP) is 1.38. The molecule has 1 saturated carbocycles. The van der Waals surface area contributed by atoms with Gasteiger partial charge in [0.25, 0.3) is 0 Å². The molecule has 2 fully saturated rings. The Hall–Kier alpha value is -1.47. The van der Waals surface area contributed by atoms with Crippen molar-refractivity contribution in [1.29, 1.82) is 0 Å². The summed E-state index contributed by atoms with van der Waals surface area (Å²) >= 11 is 0. The third-order valence-electron chi connectivity index (χ3n) is 4.85. The van der Waals surface area contributed by atoms with Crippen molar-refractivity contribution in [3.8, 4) is 0 Å². The van der Waals surface area contributed by atoms with E-state index in [0.29, 0.717) is 44.3 Å². The van der Waals surface area contributed by atoms with E-state index in [1.54, 1.807) is 0 Å². The number of β-amino-alcohol motifs (C(OH)–C–C–N with tert-alkyl or cyclic N) is 1. The number of aliphatic hydroxyl groups is 1. The fourth-order valence-corrected chi connectivity index (χ4v) is 3.30. The second-order valence-corrected chi connectivity index (χ2v) is 6.53. The molecule has 2 atom stereocenters. The highest BCUT2D eigenvalue weighted by Crippen LogP contribution is 2.39. The maximum absolute atomic E-state index is 11.6. The predicted molar refractivity (Wildman–Crippen MR) is 77.2 cm³/mol. The van der Waals surface area contributed by atoms with Gasteiger partial charge in [-0.3, -0.25) is 9.69 Å². The fraction of sp³-hybridized carbons (Fsp3) is 0.800. The number of nitrogens with zero attached hydrogens (tertiary/aromatic N) is 3. The SMILES string of the molecule is CCC[C@]1(C(=O)O)CCN(Cc2nc(C3CC3)no2)C[C@H]1O. The van der Waals surface area contributed by atoms with Crippen molar-refractivity contribution in [2.75, 3.05) is 13.1 Å². The number of aromatic nitrogens is 2. The summed E-state index contributed by atoms with van der Waals surface area (Å²) in [5.41, 5.74) is -1.01. The van der Waals surface area contributed by atoms with Crippen molar-refractivity contribution in [2.24, 2.45) is 5.41 Å². The number of carbonyl (C=O) groups is 1. The van der Waals surface area contributed by atoms with Gasteiger partial charge in [0.05, 0.1) is 18.1 Å². The highest BCUT2D eigenvalue weighted by molar-refractivity contribution is 5.75. The van der Waals surface area contributed by atoms with Gasteiger partial charge in [0.1, 0.15) is 0 Å². The molecule has 22 heavy (non-hydrogen) atoms. The molecule has 1 aliphatic heterocycles. The van der Waals surface area contributed by atoms with Crippen molar-refractivity contribution in [3.05, 3.63) is 11.7 Å². The summed E-state index contributed by atoms with van der Waals surface area (Å²) in [6, 6.07) is 0. The molecule has 122 valence electrons. The molecule has 1 aromatic heterocycles. The quantitative estimate of drug-likeness (QED) is 0.819. The Kier molecular flexibility index (Phi) is 4.18. The van der Waals surface area contributed by atoms with Gasteiger partial charge in [0.2, 0.25) is 5.89 Å². The van der Waals surface area contributed by atoms with Gasteiger partial charge in [-0.2, -0.15) is 4.98 Å². The van der Waals surface area contributed by atoms with Crippen LogP contribution in [0, 0.1) is 5.41 Å². The summed E-state index contributed by atoms with van der Waals surface area (Å²) < 4.78 is 5.25. The zero-order valence-electron chi connectivity index (χ0n) is 12.9. The van der Waals surface area contributed by atoms with Gasteiger partial charge in [-0.25, -0.2) is 0 Å². The van der Waals surface area contributed by atoms with E-state index in [2.05, 4.69) is 10.1 Å². The maximum Gasteiger partial charge on any atom is 0.312 e. The third kappa shape index (κ3) is 2.87. The molecule has 1 saturated heterocycles. The van der Waals surface area contributed by atoms with Crippen LogP contribution in [0.1, 0.15) is 56.7 Å². The summed E-state index contributed by atoms with van der Waals surface area (Å²) in [6.45, 7) is 3.36. The second-order valence-electron chi connectivity index (χ2n) is 6.53. The lowest BCUT2D eigenvalue weighted by Gasteiger charge is -2.42. The Bertz CT molecular complexity index is 543. The second kappa shape index (κ2) is 5.96. The lowest BCUT2D eigenvalue weighted by Crippen LogP contribution is -2.54. The van der Waals surface area contributed by atoms with Crippen molar-refractivity contribution in [3.63, 3.8) is 0 Å². The van der Waals surface area contributed by atoms with Crippen LogP contribution in [0.4, 0.5) is 0 Å². The van der Waals surface area contributed by atoms with E-state index in [1.807, 2.05) is 11.8 Å². The molecule has 0 aromatic carbocycles. The molecular weight excluding hydrogens is 286 g/mol. The Morgan fingerprint density at radius 2 is 2.27 bits per heavy atom. The number of carboxylic acid groups (broad SMARTS) is 1. The zero-order chi connectivity index (χ0) is 15.7. The first-order valence-corrected chi connectivity index (χ1v) is 8.01. The molecule has 2 heterocycles. The van der Waals surface area contributed by atoms with E-state index >= 15 is 0 Å². The van der Waals surface area contributed by atoms with E-state index < -0.39 is 17.5 Å². The largest absolute Gasteiger partial charge is 0.481 e. The van der Waals surface area contributed by atoms with Gasteiger partial charge in [-0.05, 0) is 32.2 Å². The van der Waals surface area contributed by atoms with Gasteiger partial charge >= 0.3 is 5.97 Å². The van der Waals surface area contributed by atoms with Gasteiger partial charge in [0.15, 0.2) is 5.82 Å². The van der Waals surface area contributed by atoms with Crippen LogP contribution in [0.2, 0.25) is 0 Å². The summed E-state index contributed by atoms with van der Waals surface area (Å²) in [7, 11) is 0. The summed E-state index contributed by atoms with van der Waals surface area (Å²) in [6.07, 6.45) is 3.08. The number of rotatable bonds is 6. The molecule has 0 bridgehead atoms. The molecule has 7 heteroatoms. The maximum atomic E-state index is 11.6. The molecule has 0 radical (unpaired) electrons. The number of likely N-dealkylation sites (tertiary alicyclic amines) is 1. The molecule has 3 rings (SSSR count). The highest BCUT2D eigenvalue weighted by atomic mass is 16.5. The minimum absolute atomic E-state index is 0.327. The van der Waals surface area contributed by atoms with Crippen LogP contribution in [-0.4, -0.2) is 50.4 Å².